The first-order valence-corrected chi connectivity index (χ1v) is 6.76. The van der Waals surface area contributed by atoms with Crippen LogP contribution >= 0.6 is 0 Å². The van der Waals surface area contributed by atoms with Crippen molar-refractivity contribution in [1.29, 1.82) is 0 Å². The molecule has 8 nitrogen and oxygen atoms in total. The van der Waals surface area contributed by atoms with Gasteiger partial charge in [-0.3, -0.25) is 14.3 Å². The molecule has 2 unspecified atom stereocenters. The Balaban J connectivity index is 2.01. The largest absolute Gasteiger partial charge is 0.394 e. The highest BCUT2D eigenvalue weighted by Gasteiger charge is 2.55. The molecule has 116 valence electrons. The van der Waals surface area contributed by atoms with Crippen molar-refractivity contribution in [2.45, 2.75) is 51.1 Å². The van der Waals surface area contributed by atoms with Gasteiger partial charge in [0.15, 0.2) is 12.0 Å². The first kappa shape index (κ1) is 14.5. The van der Waals surface area contributed by atoms with Crippen molar-refractivity contribution in [1.82, 2.24) is 9.55 Å². The second kappa shape index (κ2) is 4.77. The van der Waals surface area contributed by atoms with Gasteiger partial charge in [-0.15, -0.1) is 0 Å². The lowest BCUT2D eigenvalue weighted by Gasteiger charge is -2.24. The SMILES string of the molecule is Cc1cn([C@@H]2O[C@H](CO)C3OC(C)(C)OC32)c(=O)[nH]c1=O. The molecule has 0 bridgehead atoms. The van der Waals surface area contributed by atoms with Crippen molar-refractivity contribution < 1.29 is 19.3 Å². The minimum Gasteiger partial charge on any atom is -0.394 e. The van der Waals surface area contributed by atoms with Crippen molar-refractivity contribution >= 4 is 0 Å². The molecule has 2 N–H and O–H groups in total. The van der Waals surface area contributed by atoms with Crippen LogP contribution in [0.15, 0.2) is 15.8 Å². The number of nitrogens with one attached hydrogen (secondary N) is 1. The van der Waals surface area contributed by atoms with Gasteiger partial charge in [0.05, 0.1) is 6.61 Å². The van der Waals surface area contributed by atoms with Gasteiger partial charge in [-0.25, -0.2) is 4.79 Å². The van der Waals surface area contributed by atoms with E-state index in [9.17, 15) is 14.7 Å². The Labute approximate surface area is 120 Å². The highest BCUT2D eigenvalue weighted by molar-refractivity contribution is 5.04. The Hall–Kier alpha value is -1.48. The summed E-state index contributed by atoms with van der Waals surface area (Å²) in [6, 6.07) is 0. The molecule has 3 rings (SSSR count). The Kier molecular flexibility index (Phi) is 3.28. The summed E-state index contributed by atoms with van der Waals surface area (Å²) in [5, 5.41) is 9.41. The van der Waals surface area contributed by atoms with Gasteiger partial charge in [-0.1, -0.05) is 0 Å². The number of aryl methyl sites for hydroxylation is 1. The number of ether oxygens (including phenoxy) is 3. The number of hydrogen-bond acceptors (Lipinski definition) is 6. The summed E-state index contributed by atoms with van der Waals surface area (Å²) in [5.41, 5.74) is -0.630. The number of rotatable bonds is 2. The van der Waals surface area contributed by atoms with Crippen LogP contribution in [0, 0.1) is 6.92 Å². The summed E-state index contributed by atoms with van der Waals surface area (Å²) in [7, 11) is 0. The van der Waals surface area contributed by atoms with Gasteiger partial charge in [0.2, 0.25) is 0 Å². The Morgan fingerprint density at radius 1 is 1.33 bits per heavy atom. The monoisotopic (exact) mass is 298 g/mol. The number of fused-ring (bicyclic) bond motifs is 1. The molecular weight excluding hydrogens is 280 g/mol. The fourth-order valence-electron chi connectivity index (χ4n) is 2.81. The molecule has 2 fully saturated rings. The third kappa shape index (κ3) is 2.34. The van der Waals surface area contributed by atoms with Crippen molar-refractivity contribution in [2.75, 3.05) is 6.61 Å². The van der Waals surface area contributed by atoms with Gasteiger partial charge < -0.3 is 19.3 Å². The highest BCUT2D eigenvalue weighted by atomic mass is 16.8. The summed E-state index contributed by atoms with van der Waals surface area (Å²) < 4.78 is 18.5. The van der Waals surface area contributed by atoms with E-state index < -0.39 is 41.6 Å². The number of nitrogens with zero attached hydrogens (tertiary/aromatic N) is 1. The van der Waals surface area contributed by atoms with E-state index >= 15 is 0 Å². The van der Waals surface area contributed by atoms with Gasteiger partial charge in [-0.2, -0.15) is 0 Å². The second-order valence-corrected chi connectivity index (χ2v) is 5.79. The predicted molar refractivity (Wildman–Crippen MR) is 70.9 cm³/mol. The summed E-state index contributed by atoms with van der Waals surface area (Å²) in [5.74, 6) is -0.814. The molecule has 21 heavy (non-hydrogen) atoms. The molecular formula is C13H18N2O6. The first-order chi connectivity index (χ1) is 9.82. The fraction of sp³-hybridized carbons (Fsp3) is 0.692. The van der Waals surface area contributed by atoms with Gasteiger partial charge >= 0.3 is 5.69 Å². The van der Waals surface area contributed by atoms with Crippen LogP contribution in [-0.2, 0) is 14.2 Å². The maximum atomic E-state index is 12.0. The molecule has 8 heteroatoms. The number of H-pyrrole nitrogens is 1. The molecule has 1 aromatic rings. The number of aliphatic hydroxyl groups excluding tert-OH is 1. The van der Waals surface area contributed by atoms with Crippen molar-refractivity contribution in [2.24, 2.45) is 0 Å². The van der Waals surface area contributed by atoms with E-state index in [-0.39, 0.29) is 6.61 Å². The lowest BCUT2D eigenvalue weighted by molar-refractivity contribution is -0.200. The molecule has 4 atom stereocenters. The van der Waals surface area contributed by atoms with E-state index in [0.29, 0.717) is 5.56 Å². The highest BCUT2D eigenvalue weighted by Crippen LogP contribution is 2.42. The summed E-state index contributed by atoms with van der Waals surface area (Å²) in [6.45, 7) is 4.88. The zero-order chi connectivity index (χ0) is 15.4. The van der Waals surface area contributed by atoms with Crippen LogP contribution in [0.5, 0.6) is 0 Å². The Bertz CT molecular complexity index is 663. The van der Waals surface area contributed by atoms with E-state index in [1.54, 1.807) is 20.8 Å². The third-order valence-corrected chi connectivity index (χ3v) is 3.73. The molecule has 2 saturated heterocycles. The van der Waals surface area contributed by atoms with Crippen LogP contribution < -0.4 is 11.2 Å². The van der Waals surface area contributed by atoms with Crippen LogP contribution in [0.25, 0.3) is 0 Å². The first-order valence-electron chi connectivity index (χ1n) is 6.76. The van der Waals surface area contributed by atoms with Crippen LogP contribution in [-0.4, -0.2) is 45.4 Å². The molecule has 0 amide bonds. The summed E-state index contributed by atoms with van der Waals surface area (Å²) in [4.78, 5) is 25.7. The molecule has 0 aromatic carbocycles. The van der Waals surface area contributed by atoms with Gasteiger partial charge in [0.25, 0.3) is 5.56 Å². The van der Waals surface area contributed by atoms with Crippen molar-refractivity contribution in [3.63, 3.8) is 0 Å². The molecule has 0 spiro atoms. The molecule has 3 heterocycles. The normalized spacial score (nSPS) is 34.1. The zero-order valence-electron chi connectivity index (χ0n) is 12.0. The van der Waals surface area contributed by atoms with Crippen molar-refractivity contribution in [3.05, 3.63) is 32.6 Å². The van der Waals surface area contributed by atoms with Crippen LogP contribution in [0.4, 0.5) is 0 Å². The van der Waals surface area contributed by atoms with Crippen LogP contribution in [0.3, 0.4) is 0 Å². The number of hydrogen-bond donors (Lipinski definition) is 2. The molecule has 0 aliphatic carbocycles. The topological polar surface area (TPSA) is 103 Å². The number of aliphatic hydroxyl groups is 1. The van der Waals surface area contributed by atoms with E-state index in [1.165, 1.54) is 10.8 Å². The third-order valence-electron chi connectivity index (χ3n) is 3.73. The number of aromatic amines is 1. The number of aromatic nitrogens is 2. The molecule has 2 aliphatic rings. The smallest absolute Gasteiger partial charge is 0.330 e. The lowest BCUT2D eigenvalue weighted by Crippen LogP contribution is -2.38. The lowest BCUT2D eigenvalue weighted by atomic mass is 10.1. The fourth-order valence-corrected chi connectivity index (χ4v) is 2.81. The average molecular weight is 298 g/mol. The molecule has 1 aromatic heterocycles. The Morgan fingerprint density at radius 2 is 2.00 bits per heavy atom. The maximum absolute atomic E-state index is 12.0. The zero-order valence-corrected chi connectivity index (χ0v) is 12.0. The second-order valence-electron chi connectivity index (χ2n) is 5.79. The molecule has 0 saturated carbocycles. The van der Waals surface area contributed by atoms with E-state index in [1.807, 2.05) is 0 Å². The minimum atomic E-state index is -0.814. The van der Waals surface area contributed by atoms with Gasteiger partial charge in [-0.05, 0) is 20.8 Å². The van der Waals surface area contributed by atoms with Gasteiger partial charge in [0.1, 0.15) is 18.3 Å². The summed E-state index contributed by atoms with van der Waals surface area (Å²) >= 11 is 0. The summed E-state index contributed by atoms with van der Waals surface area (Å²) in [6.07, 6.45) is -0.899. The average Bonchev–Trinajstić information content (AvgIpc) is 2.87. The minimum absolute atomic E-state index is 0.242. The van der Waals surface area contributed by atoms with Crippen LogP contribution in [0.1, 0.15) is 25.6 Å². The molecule has 0 radical (unpaired) electrons. The van der Waals surface area contributed by atoms with E-state index in [2.05, 4.69) is 4.98 Å². The maximum Gasteiger partial charge on any atom is 0.330 e. The Morgan fingerprint density at radius 3 is 2.67 bits per heavy atom. The predicted octanol–water partition coefficient (Wildman–Crippen LogP) is -0.745. The van der Waals surface area contributed by atoms with Crippen LogP contribution in [0.2, 0.25) is 0 Å². The molecule has 2 aliphatic heterocycles. The van der Waals surface area contributed by atoms with Crippen molar-refractivity contribution in [3.8, 4) is 0 Å². The van der Waals surface area contributed by atoms with Gasteiger partial charge in [0, 0.05) is 11.8 Å². The quantitative estimate of drug-likeness (QED) is 0.745. The standard InChI is InChI=1S/C13H18N2O6/c1-6-4-15(12(18)14-10(6)17)11-9-8(7(5-16)19-11)20-13(2,3)21-9/h4,7-9,11,16H,5H2,1-3H3,(H,14,17,18)/t7-,8?,9?,11-/m1/s1. The van der Waals surface area contributed by atoms with E-state index in [4.69, 9.17) is 14.2 Å². The van der Waals surface area contributed by atoms with E-state index in [0.717, 1.165) is 0 Å².